The molecule has 0 radical (unpaired) electrons. The molecule has 0 spiro atoms. The van der Waals surface area contributed by atoms with Crippen molar-refractivity contribution < 1.29 is 0 Å². The first-order valence-electron chi connectivity index (χ1n) is 4.27. The third-order valence-electron chi connectivity index (χ3n) is 1.95. The molecule has 0 aromatic carbocycles. The van der Waals surface area contributed by atoms with Crippen LogP contribution in [0.4, 0.5) is 0 Å². The molecule has 0 amide bonds. The van der Waals surface area contributed by atoms with Gasteiger partial charge >= 0.3 is 0 Å². The Bertz CT molecular complexity index is 209. The first-order valence-corrected chi connectivity index (χ1v) is 4.27. The molecular formula is C11H19N. The van der Waals surface area contributed by atoms with Gasteiger partial charge in [-0.3, -0.25) is 0 Å². The fraction of sp³-hybridized carbons (Fsp3) is 0.455. The Morgan fingerprint density at radius 1 is 1.33 bits per heavy atom. The predicted octanol–water partition coefficient (Wildman–Crippen LogP) is 2.88. The van der Waals surface area contributed by atoms with E-state index in [4.69, 9.17) is 0 Å². The Morgan fingerprint density at radius 3 is 2.08 bits per heavy atom. The van der Waals surface area contributed by atoms with Gasteiger partial charge in [-0.25, -0.2) is 0 Å². The van der Waals surface area contributed by atoms with Crippen molar-refractivity contribution >= 4 is 0 Å². The molecule has 68 valence electrons. The molecule has 0 aromatic heterocycles. The van der Waals surface area contributed by atoms with Crippen LogP contribution in [-0.4, -0.2) is 7.05 Å². The molecule has 0 aromatic rings. The second kappa shape index (κ2) is 4.81. The largest absolute Gasteiger partial charge is 0.388 e. The maximum Gasteiger partial charge on any atom is 0.0334 e. The van der Waals surface area contributed by atoms with Crippen molar-refractivity contribution in [1.82, 2.24) is 5.32 Å². The Labute approximate surface area is 75.9 Å². The van der Waals surface area contributed by atoms with Crippen molar-refractivity contribution in [3.05, 3.63) is 36.1 Å². The average molecular weight is 165 g/mol. The van der Waals surface area contributed by atoms with Crippen LogP contribution in [0.5, 0.6) is 0 Å². The SMILES string of the molecule is C=C(NC)C(=C)/C(=C\C)C(C)C. The molecule has 0 fully saturated rings. The third-order valence-corrected chi connectivity index (χ3v) is 1.95. The zero-order valence-electron chi connectivity index (χ0n) is 8.57. The Morgan fingerprint density at radius 2 is 1.83 bits per heavy atom. The predicted molar refractivity (Wildman–Crippen MR) is 55.9 cm³/mol. The Balaban J connectivity index is 4.56. The maximum absolute atomic E-state index is 3.99. The summed E-state index contributed by atoms with van der Waals surface area (Å²) in [5.41, 5.74) is 3.17. The summed E-state index contributed by atoms with van der Waals surface area (Å²) in [5, 5.41) is 3.00. The number of rotatable bonds is 4. The van der Waals surface area contributed by atoms with Gasteiger partial charge in [0.2, 0.25) is 0 Å². The van der Waals surface area contributed by atoms with E-state index in [1.165, 1.54) is 5.57 Å². The van der Waals surface area contributed by atoms with Gasteiger partial charge in [0.1, 0.15) is 0 Å². The van der Waals surface area contributed by atoms with Crippen molar-refractivity contribution in [2.24, 2.45) is 5.92 Å². The van der Waals surface area contributed by atoms with Crippen LogP contribution in [0.25, 0.3) is 0 Å². The number of nitrogens with one attached hydrogen (secondary N) is 1. The summed E-state index contributed by atoms with van der Waals surface area (Å²) < 4.78 is 0. The van der Waals surface area contributed by atoms with Gasteiger partial charge < -0.3 is 5.32 Å². The molecule has 0 aliphatic carbocycles. The molecule has 0 unspecified atom stereocenters. The molecular weight excluding hydrogens is 146 g/mol. The van der Waals surface area contributed by atoms with Crippen molar-refractivity contribution in [3.63, 3.8) is 0 Å². The fourth-order valence-electron chi connectivity index (χ4n) is 1.18. The lowest BCUT2D eigenvalue weighted by atomic mass is 9.94. The zero-order valence-corrected chi connectivity index (χ0v) is 8.57. The van der Waals surface area contributed by atoms with Gasteiger partial charge in [0, 0.05) is 12.7 Å². The highest BCUT2D eigenvalue weighted by atomic mass is 14.8. The smallest absolute Gasteiger partial charge is 0.0334 e. The molecule has 12 heavy (non-hydrogen) atoms. The molecule has 1 N–H and O–H groups in total. The molecule has 0 bridgehead atoms. The molecule has 1 nitrogen and oxygen atoms in total. The lowest BCUT2D eigenvalue weighted by molar-refractivity contribution is 0.773. The first kappa shape index (κ1) is 11.0. The summed E-state index contributed by atoms with van der Waals surface area (Å²) in [7, 11) is 1.86. The normalized spacial score (nSPS) is 11.6. The van der Waals surface area contributed by atoms with E-state index in [0.717, 1.165) is 11.3 Å². The van der Waals surface area contributed by atoms with Gasteiger partial charge in [0.15, 0.2) is 0 Å². The van der Waals surface area contributed by atoms with E-state index in [2.05, 4.69) is 38.4 Å². The maximum atomic E-state index is 3.99. The lowest BCUT2D eigenvalue weighted by Gasteiger charge is -2.15. The van der Waals surface area contributed by atoms with Gasteiger partial charge in [-0.15, -0.1) is 0 Å². The molecule has 0 atom stereocenters. The van der Waals surface area contributed by atoms with Crippen LogP contribution in [0.3, 0.4) is 0 Å². The summed E-state index contributed by atoms with van der Waals surface area (Å²) >= 11 is 0. The minimum atomic E-state index is 0.507. The first-order chi connectivity index (χ1) is 5.54. The Hall–Kier alpha value is -0.980. The van der Waals surface area contributed by atoms with Gasteiger partial charge in [-0.05, 0) is 24.0 Å². The van der Waals surface area contributed by atoms with Crippen molar-refractivity contribution in [2.45, 2.75) is 20.8 Å². The van der Waals surface area contributed by atoms with E-state index in [-0.39, 0.29) is 0 Å². The monoisotopic (exact) mass is 165 g/mol. The minimum Gasteiger partial charge on any atom is -0.388 e. The van der Waals surface area contributed by atoms with E-state index in [9.17, 15) is 0 Å². The highest BCUT2D eigenvalue weighted by Crippen LogP contribution is 2.21. The third kappa shape index (κ3) is 2.57. The lowest BCUT2D eigenvalue weighted by Crippen LogP contribution is -2.10. The average Bonchev–Trinajstić information content (AvgIpc) is 2.03. The molecule has 0 rings (SSSR count). The summed E-state index contributed by atoms with van der Waals surface area (Å²) in [6.45, 7) is 14.2. The number of hydrogen-bond acceptors (Lipinski definition) is 1. The van der Waals surface area contributed by atoms with Crippen LogP contribution in [0.15, 0.2) is 36.1 Å². The van der Waals surface area contributed by atoms with Gasteiger partial charge in [-0.2, -0.15) is 0 Å². The minimum absolute atomic E-state index is 0.507. The van der Waals surface area contributed by atoms with Crippen LogP contribution in [-0.2, 0) is 0 Å². The second-order valence-corrected chi connectivity index (χ2v) is 3.11. The van der Waals surface area contributed by atoms with Crippen molar-refractivity contribution in [1.29, 1.82) is 0 Å². The quantitative estimate of drug-likeness (QED) is 0.632. The molecule has 1 heteroatoms. The van der Waals surface area contributed by atoms with Crippen molar-refractivity contribution in [2.75, 3.05) is 7.05 Å². The zero-order chi connectivity index (χ0) is 9.72. The molecule has 0 saturated carbocycles. The fourth-order valence-corrected chi connectivity index (χ4v) is 1.18. The summed E-state index contributed by atoms with van der Waals surface area (Å²) in [6, 6.07) is 0. The standard InChI is InChI=1S/C11H19N/c1-7-11(8(2)3)9(4)10(5)12-6/h7-8,12H,4-5H2,1-3,6H3/b11-7-. The molecule has 0 heterocycles. The van der Waals surface area contributed by atoms with Crippen LogP contribution in [0, 0.1) is 5.92 Å². The number of allylic oxidation sites excluding steroid dienone is 2. The van der Waals surface area contributed by atoms with E-state index in [1.807, 2.05) is 14.0 Å². The topological polar surface area (TPSA) is 12.0 Å². The van der Waals surface area contributed by atoms with Gasteiger partial charge in [-0.1, -0.05) is 33.1 Å². The van der Waals surface area contributed by atoms with E-state index in [1.54, 1.807) is 0 Å². The van der Waals surface area contributed by atoms with E-state index >= 15 is 0 Å². The van der Waals surface area contributed by atoms with Crippen molar-refractivity contribution in [3.8, 4) is 0 Å². The number of hydrogen-bond donors (Lipinski definition) is 1. The second-order valence-electron chi connectivity index (χ2n) is 3.11. The van der Waals surface area contributed by atoms with Gasteiger partial charge in [0.25, 0.3) is 0 Å². The summed E-state index contributed by atoms with van der Waals surface area (Å²) in [6.07, 6.45) is 2.09. The summed E-state index contributed by atoms with van der Waals surface area (Å²) in [4.78, 5) is 0. The Kier molecular flexibility index (Phi) is 4.42. The highest BCUT2D eigenvalue weighted by Gasteiger charge is 2.07. The van der Waals surface area contributed by atoms with E-state index < -0.39 is 0 Å². The van der Waals surface area contributed by atoms with E-state index in [0.29, 0.717) is 5.92 Å². The number of likely N-dealkylation sites (N-methyl/N-ethyl adjacent to an activating group) is 1. The van der Waals surface area contributed by atoms with Crippen LogP contribution in [0.2, 0.25) is 0 Å². The van der Waals surface area contributed by atoms with Crippen LogP contribution >= 0.6 is 0 Å². The molecule has 0 aliphatic rings. The van der Waals surface area contributed by atoms with Crippen LogP contribution < -0.4 is 5.32 Å². The molecule has 0 saturated heterocycles. The highest BCUT2D eigenvalue weighted by molar-refractivity contribution is 5.42. The molecule has 0 aliphatic heterocycles. The van der Waals surface area contributed by atoms with Gasteiger partial charge in [0.05, 0.1) is 0 Å². The van der Waals surface area contributed by atoms with Crippen LogP contribution in [0.1, 0.15) is 20.8 Å². The summed E-state index contributed by atoms with van der Waals surface area (Å²) in [5.74, 6) is 0.507.